The Morgan fingerprint density at radius 3 is 2.06 bits per heavy atom. The van der Waals surface area contributed by atoms with Crippen LogP contribution in [0.15, 0.2) is 72.8 Å². The monoisotopic (exact) mass is 448 g/mol. The lowest BCUT2D eigenvalue weighted by molar-refractivity contribution is 0.0921. The van der Waals surface area contributed by atoms with E-state index in [1.54, 1.807) is 0 Å². The molecule has 0 bridgehead atoms. The first-order valence-electron chi connectivity index (χ1n) is 11.5. The molecule has 0 saturated heterocycles. The molecule has 4 aromatic rings. The van der Waals surface area contributed by atoms with E-state index in [1.165, 1.54) is 10.8 Å². The number of hydrogen-bond donors (Lipinski definition) is 3. The SMILES string of the molecule is OCCCN(Cc1ccc(OCCO)cc1)C[C@H](O)Cn1c2ccccc2c2ccccc21. The Balaban J connectivity index is 1.48. The van der Waals surface area contributed by atoms with Gasteiger partial charge in [0.05, 0.1) is 19.3 Å². The molecule has 6 nitrogen and oxygen atoms in total. The minimum absolute atomic E-state index is 0.0133. The minimum atomic E-state index is -0.560. The Morgan fingerprint density at radius 2 is 1.45 bits per heavy atom. The van der Waals surface area contributed by atoms with Crippen molar-refractivity contribution < 1.29 is 20.1 Å². The van der Waals surface area contributed by atoms with E-state index in [-0.39, 0.29) is 19.8 Å². The lowest BCUT2D eigenvalue weighted by Crippen LogP contribution is -2.35. The van der Waals surface area contributed by atoms with E-state index in [4.69, 9.17) is 9.84 Å². The number of para-hydroxylation sites is 2. The van der Waals surface area contributed by atoms with E-state index in [1.807, 2.05) is 48.5 Å². The molecule has 0 unspecified atom stereocenters. The van der Waals surface area contributed by atoms with Gasteiger partial charge in [0, 0.05) is 48.0 Å². The van der Waals surface area contributed by atoms with Gasteiger partial charge in [-0.1, -0.05) is 48.5 Å². The van der Waals surface area contributed by atoms with Gasteiger partial charge in [0.15, 0.2) is 0 Å². The van der Waals surface area contributed by atoms with Crippen molar-refractivity contribution in [2.45, 2.75) is 25.6 Å². The van der Waals surface area contributed by atoms with Crippen molar-refractivity contribution in [1.82, 2.24) is 9.47 Å². The molecule has 0 radical (unpaired) electrons. The molecule has 0 fully saturated rings. The number of aliphatic hydroxyl groups excluding tert-OH is 3. The maximum Gasteiger partial charge on any atom is 0.119 e. The van der Waals surface area contributed by atoms with Gasteiger partial charge in [0.1, 0.15) is 12.4 Å². The highest BCUT2D eigenvalue weighted by Gasteiger charge is 2.16. The first-order valence-corrected chi connectivity index (χ1v) is 11.5. The Bertz CT molecular complexity index is 1100. The van der Waals surface area contributed by atoms with Crippen molar-refractivity contribution in [3.8, 4) is 5.75 Å². The van der Waals surface area contributed by atoms with E-state index < -0.39 is 6.10 Å². The normalized spacial score (nSPS) is 12.6. The van der Waals surface area contributed by atoms with E-state index >= 15 is 0 Å². The van der Waals surface area contributed by atoms with Crippen LogP contribution in [-0.2, 0) is 13.1 Å². The molecule has 6 heteroatoms. The fourth-order valence-corrected chi connectivity index (χ4v) is 4.41. The van der Waals surface area contributed by atoms with Gasteiger partial charge in [-0.15, -0.1) is 0 Å². The summed E-state index contributed by atoms with van der Waals surface area (Å²) in [6, 6.07) is 24.4. The molecule has 0 spiro atoms. The van der Waals surface area contributed by atoms with Gasteiger partial charge < -0.3 is 24.6 Å². The Hall–Kier alpha value is -2.90. The minimum Gasteiger partial charge on any atom is -0.491 e. The second-order valence-electron chi connectivity index (χ2n) is 8.33. The van der Waals surface area contributed by atoms with E-state index in [0.717, 1.165) is 22.3 Å². The standard InChI is InChI=1S/C27H32N2O4/c30-15-5-14-28(18-21-10-12-23(13-11-21)33-17-16-31)19-22(32)20-29-26-8-3-1-6-24(26)25-7-2-4-9-27(25)29/h1-4,6-13,22,30-32H,5,14-20H2/t22-/m0/s1. The van der Waals surface area contributed by atoms with Crippen LogP contribution in [0.25, 0.3) is 21.8 Å². The molecule has 3 aromatic carbocycles. The first-order chi connectivity index (χ1) is 16.2. The number of ether oxygens (including phenoxy) is 1. The van der Waals surface area contributed by atoms with Crippen LogP contribution in [0.5, 0.6) is 5.75 Å². The van der Waals surface area contributed by atoms with Crippen molar-refractivity contribution in [3.63, 3.8) is 0 Å². The maximum absolute atomic E-state index is 11.1. The van der Waals surface area contributed by atoms with Gasteiger partial charge in [0.25, 0.3) is 0 Å². The average molecular weight is 449 g/mol. The second-order valence-corrected chi connectivity index (χ2v) is 8.33. The lowest BCUT2D eigenvalue weighted by atomic mass is 10.2. The Labute approximate surface area is 194 Å². The molecule has 0 saturated carbocycles. The third-order valence-corrected chi connectivity index (χ3v) is 5.86. The van der Waals surface area contributed by atoms with Crippen molar-refractivity contribution >= 4 is 21.8 Å². The summed E-state index contributed by atoms with van der Waals surface area (Å²) >= 11 is 0. The summed E-state index contributed by atoms with van der Waals surface area (Å²) in [6.45, 7) is 2.75. The molecule has 174 valence electrons. The van der Waals surface area contributed by atoms with Crippen LogP contribution in [0.1, 0.15) is 12.0 Å². The number of hydrogen-bond acceptors (Lipinski definition) is 5. The quantitative estimate of drug-likeness (QED) is 0.310. The number of rotatable bonds is 12. The molecule has 0 amide bonds. The average Bonchev–Trinajstić information content (AvgIpc) is 3.16. The number of nitrogens with zero attached hydrogens (tertiary/aromatic N) is 2. The summed E-state index contributed by atoms with van der Waals surface area (Å²) in [5, 5.41) is 31.7. The summed E-state index contributed by atoms with van der Waals surface area (Å²) in [5.41, 5.74) is 3.35. The summed E-state index contributed by atoms with van der Waals surface area (Å²) in [6.07, 6.45) is 0.0925. The van der Waals surface area contributed by atoms with Gasteiger partial charge in [-0.2, -0.15) is 0 Å². The zero-order valence-corrected chi connectivity index (χ0v) is 18.8. The third-order valence-electron chi connectivity index (χ3n) is 5.86. The summed E-state index contributed by atoms with van der Waals surface area (Å²) in [7, 11) is 0. The van der Waals surface area contributed by atoms with Crippen LogP contribution in [0.2, 0.25) is 0 Å². The van der Waals surface area contributed by atoms with E-state index in [2.05, 4.69) is 33.7 Å². The van der Waals surface area contributed by atoms with Crippen molar-refractivity contribution in [2.75, 3.05) is 32.9 Å². The fraction of sp³-hybridized carbons (Fsp3) is 0.333. The zero-order chi connectivity index (χ0) is 23.0. The topological polar surface area (TPSA) is 78.1 Å². The van der Waals surface area contributed by atoms with Gasteiger partial charge in [-0.05, 0) is 36.2 Å². The number of benzene rings is 3. The van der Waals surface area contributed by atoms with Crippen molar-refractivity contribution in [3.05, 3.63) is 78.4 Å². The van der Waals surface area contributed by atoms with Gasteiger partial charge in [-0.25, -0.2) is 0 Å². The highest BCUT2D eigenvalue weighted by Crippen LogP contribution is 2.29. The predicted molar refractivity (Wildman–Crippen MR) is 131 cm³/mol. The Kier molecular flexibility index (Phi) is 7.96. The zero-order valence-electron chi connectivity index (χ0n) is 18.8. The summed E-state index contributed by atoms with van der Waals surface area (Å²) in [4.78, 5) is 2.18. The first kappa shape index (κ1) is 23.3. The molecule has 3 N–H and O–H groups in total. The largest absolute Gasteiger partial charge is 0.491 e. The second kappa shape index (κ2) is 11.3. The molecule has 1 atom stereocenters. The molecule has 0 aliphatic carbocycles. The Morgan fingerprint density at radius 1 is 0.818 bits per heavy atom. The molecule has 0 aliphatic heterocycles. The van der Waals surface area contributed by atoms with Gasteiger partial charge in [0.2, 0.25) is 0 Å². The fourth-order valence-electron chi connectivity index (χ4n) is 4.41. The van der Waals surface area contributed by atoms with Gasteiger partial charge >= 0.3 is 0 Å². The van der Waals surface area contributed by atoms with Gasteiger partial charge in [-0.3, -0.25) is 4.90 Å². The molecule has 33 heavy (non-hydrogen) atoms. The number of aliphatic hydroxyl groups is 3. The molecular formula is C27H32N2O4. The van der Waals surface area contributed by atoms with E-state index in [0.29, 0.717) is 32.6 Å². The highest BCUT2D eigenvalue weighted by atomic mass is 16.5. The third kappa shape index (κ3) is 5.72. The summed E-state index contributed by atoms with van der Waals surface area (Å²) in [5.74, 6) is 0.723. The van der Waals surface area contributed by atoms with Crippen LogP contribution < -0.4 is 4.74 Å². The van der Waals surface area contributed by atoms with Crippen LogP contribution in [0.3, 0.4) is 0 Å². The molecular weight excluding hydrogens is 416 g/mol. The highest BCUT2D eigenvalue weighted by molar-refractivity contribution is 6.07. The van der Waals surface area contributed by atoms with Crippen LogP contribution in [0, 0.1) is 0 Å². The lowest BCUT2D eigenvalue weighted by Gasteiger charge is -2.26. The van der Waals surface area contributed by atoms with Crippen molar-refractivity contribution in [2.24, 2.45) is 0 Å². The van der Waals surface area contributed by atoms with Crippen LogP contribution >= 0.6 is 0 Å². The van der Waals surface area contributed by atoms with Crippen LogP contribution in [0.4, 0.5) is 0 Å². The van der Waals surface area contributed by atoms with E-state index in [9.17, 15) is 10.2 Å². The summed E-state index contributed by atoms with van der Waals surface area (Å²) < 4.78 is 7.64. The molecule has 0 aliphatic rings. The predicted octanol–water partition coefficient (Wildman–Crippen LogP) is 3.41. The number of aromatic nitrogens is 1. The van der Waals surface area contributed by atoms with Crippen LogP contribution in [-0.4, -0.2) is 63.8 Å². The number of fused-ring (bicyclic) bond motifs is 3. The van der Waals surface area contributed by atoms with Crippen molar-refractivity contribution in [1.29, 1.82) is 0 Å². The molecule has 1 aromatic heterocycles. The maximum atomic E-state index is 11.1. The smallest absolute Gasteiger partial charge is 0.119 e. The molecule has 1 heterocycles. The molecule has 4 rings (SSSR count).